The van der Waals surface area contributed by atoms with Crippen LogP contribution in [0.1, 0.15) is 23.4 Å². The van der Waals surface area contributed by atoms with E-state index in [1.807, 2.05) is 27.0 Å². The first-order valence-electron chi connectivity index (χ1n) is 8.47. The maximum Gasteiger partial charge on any atom is 0.139 e. The molecule has 3 nitrogen and oxygen atoms in total. The normalized spacial score (nSPS) is 11.2. The number of carbonyl (C=O) groups is 1. The minimum absolute atomic E-state index is 0.295. The van der Waals surface area contributed by atoms with Crippen molar-refractivity contribution in [2.75, 3.05) is 32.1 Å². The quantitative estimate of drug-likeness (QED) is 0.398. The van der Waals surface area contributed by atoms with E-state index in [1.54, 1.807) is 11.3 Å². The van der Waals surface area contributed by atoms with Crippen molar-refractivity contribution in [1.29, 1.82) is 0 Å². The van der Waals surface area contributed by atoms with Gasteiger partial charge < -0.3 is 4.90 Å². The first kappa shape index (κ1) is 20.5. The molecular weight excluding hydrogens is 368 g/mol. The molecule has 1 aromatic carbocycles. The predicted octanol–water partition coefficient (Wildman–Crippen LogP) is 4.95. The molecule has 0 spiro atoms. The van der Waals surface area contributed by atoms with Crippen molar-refractivity contribution in [1.82, 2.24) is 9.88 Å². The SMILES string of the molecule is Cc1ccc(-c2csc(CC(=O)CCCSSCCN(C)C)n2)cc1. The second-order valence-electron chi connectivity index (χ2n) is 6.26. The molecule has 2 aromatic rings. The summed E-state index contributed by atoms with van der Waals surface area (Å²) < 4.78 is 0. The Morgan fingerprint density at radius 2 is 1.88 bits per heavy atom. The number of benzene rings is 1. The fourth-order valence-electron chi connectivity index (χ4n) is 2.17. The van der Waals surface area contributed by atoms with Crippen LogP contribution in [0.15, 0.2) is 29.6 Å². The largest absolute Gasteiger partial charge is 0.309 e. The molecule has 1 heterocycles. The van der Waals surface area contributed by atoms with Gasteiger partial charge in [0.1, 0.15) is 10.8 Å². The molecule has 2 rings (SSSR count). The van der Waals surface area contributed by atoms with Crippen molar-refractivity contribution < 1.29 is 4.79 Å². The van der Waals surface area contributed by atoms with Crippen molar-refractivity contribution in [3.63, 3.8) is 0 Å². The highest BCUT2D eigenvalue weighted by atomic mass is 33.1. The van der Waals surface area contributed by atoms with Gasteiger partial charge in [0.15, 0.2) is 0 Å². The average molecular weight is 395 g/mol. The smallest absolute Gasteiger partial charge is 0.139 e. The number of rotatable bonds is 11. The van der Waals surface area contributed by atoms with Crippen LogP contribution in [0.25, 0.3) is 11.3 Å². The summed E-state index contributed by atoms with van der Waals surface area (Å²) in [5, 5.41) is 2.97. The van der Waals surface area contributed by atoms with Gasteiger partial charge in [-0.25, -0.2) is 4.98 Å². The van der Waals surface area contributed by atoms with Gasteiger partial charge >= 0.3 is 0 Å². The summed E-state index contributed by atoms with van der Waals surface area (Å²) in [6.07, 6.45) is 2.07. The van der Waals surface area contributed by atoms with Crippen LogP contribution >= 0.6 is 32.9 Å². The van der Waals surface area contributed by atoms with Crippen molar-refractivity contribution in [3.05, 3.63) is 40.2 Å². The number of Topliss-reactive ketones (excluding diaryl/α,β-unsaturated/α-hetero) is 1. The minimum atomic E-state index is 0.295. The molecule has 0 radical (unpaired) electrons. The highest BCUT2D eigenvalue weighted by molar-refractivity contribution is 8.76. The maximum absolute atomic E-state index is 12.1. The zero-order chi connectivity index (χ0) is 18.1. The monoisotopic (exact) mass is 394 g/mol. The molecular formula is C19H26N2OS3. The van der Waals surface area contributed by atoms with Gasteiger partial charge in [0.2, 0.25) is 0 Å². The lowest BCUT2D eigenvalue weighted by Gasteiger charge is -2.07. The third kappa shape index (κ3) is 7.94. The number of aromatic nitrogens is 1. The topological polar surface area (TPSA) is 33.2 Å². The molecule has 0 bridgehead atoms. The Kier molecular flexibility index (Phi) is 9.03. The van der Waals surface area contributed by atoms with E-state index >= 15 is 0 Å². The summed E-state index contributed by atoms with van der Waals surface area (Å²) >= 11 is 1.58. The van der Waals surface area contributed by atoms with Crippen LogP contribution in [0.2, 0.25) is 0 Å². The van der Waals surface area contributed by atoms with E-state index in [4.69, 9.17) is 0 Å². The van der Waals surface area contributed by atoms with Gasteiger partial charge in [-0.2, -0.15) is 0 Å². The molecule has 0 aliphatic carbocycles. The Hall–Kier alpha value is -0.820. The van der Waals surface area contributed by atoms with Crippen LogP contribution < -0.4 is 0 Å². The number of ketones is 1. The van der Waals surface area contributed by atoms with E-state index < -0.39 is 0 Å². The zero-order valence-corrected chi connectivity index (χ0v) is 17.6. The Morgan fingerprint density at radius 3 is 2.60 bits per heavy atom. The van der Waals surface area contributed by atoms with E-state index in [9.17, 15) is 4.79 Å². The third-order valence-corrected chi connectivity index (χ3v) is 6.96. The highest BCUT2D eigenvalue weighted by Gasteiger charge is 2.09. The van der Waals surface area contributed by atoms with E-state index in [0.717, 1.165) is 40.7 Å². The molecule has 0 fully saturated rings. The number of aryl methyl sites for hydroxylation is 1. The van der Waals surface area contributed by atoms with Crippen LogP contribution in [-0.2, 0) is 11.2 Å². The third-order valence-electron chi connectivity index (χ3n) is 3.64. The highest BCUT2D eigenvalue weighted by Crippen LogP contribution is 2.24. The maximum atomic E-state index is 12.1. The molecule has 0 saturated heterocycles. The Labute approximate surface area is 163 Å². The number of hydrogen-bond donors (Lipinski definition) is 0. The molecule has 0 unspecified atom stereocenters. The Morgan fingerprint density at radius 1 is 1.16 bits per heavy atom. The predicted molar refractivity (Wildman–Crippen MR) is 114 cm³/mol. The molecule has 0 atom stereocenters. The lowest BCUT2D eigenvalue weighted by Crippen LogP contribution is -2.14. The van der Waals surface area contributed by atoms with Gasteiger partial charge in [-0.3, -0.25) is 4.79 Å². The van der Waals surface area contributed by atoms with E-state index in [1.165, 1.54) is 5.56 Å². The van der Waals surface area contributed by atoms with Crippen LogP contribution in [-0.4, -0.2) is 47.8 Å². The van der Waals surface area contributed by atoms with Gasteiger partial charge in [-0.15, -0.1) is 11.3 Å². The number of thiazole rings is 1. The number of carbonyl (C=O) groups excluding carboxylic acids is 1. The molecule has 6 heteroatoms. The molecule has 1 aromatic heterocycles. The van der Waals surface area contributed by atoms with Crippen molar-refractivity contribution in [2.24, 2.45) is 0 Å². The van der Waals surface area contributed by atoms with Gasteiger partial charge in [0.25, 0.3) is 0 Å². The molecule has 0 N–H and O–H groups in total. The van der Waals surface area contributed by atoms with Crippen LogP contribution in [0.5, 0.6) is 0 Å². The molecule has 0 amide bonds. The van der Waals surface area contributed by atoms with E-state index in [2.05, 4.69) is 55.2 Å². The number of hydrogen-bond acceptors (Lipinski definition) is 6. The summed E-state index contributed by atoms with van der Waals surface area (Å²) in [6.45, 7) is 3.18. The lowest BCUT2D eigenvalue weighted by molar-refractivity contribution is -0.118. The average Bonchev–Trinajstić information content (AvgIpc) is 3.02. The van der Waals surface area contributed by atoms with Gasteiger partial charge in [-0.05, 0) is 27.4 Å². The summed E-state index contributed by atoms with van der Waals surface area (Å²) in [7, 11) is 7.94. The van der Waals surface area contributed by atoms with E-state index in [-0.39, 0.29) is 0 Å². The summed E-state index contributed by atoms with van der Waals surface area (Å²) in [5.74, 6) is 2.46. The molecule has 136 valence electrons. The van der Waals surface area contributed by atoms with Crippen LogP contribution in [0.4, 0.5) is 0 Å². The molecule has 0 aliphatic rings. The van der Waals surface area contributed by atoms with Gasteiger partial charge in [-0.1, -0.05) is 51.4 Å². The second-order valence-corrected chi connectivity index (χ2v) is 9.90. The Balaban J connectivity index is 1.66. The summed E-state index contributed by atoms with van der Waals surface area (Å²) in [6, 6.07) is 8.35. The van der Waals surface area contributed by atoms with Gasteiger partial charge in [0, 0.05) is 35.4 Å². The lowest BCUT2D eigenvalue weighted by atomic mass is 10.1. The molecule has 25 heavy (non-hydrogen) atoms. The van der Waals surface area contributed by atoms with Crippen molar-refractivity contribution in [3.8, 4) is 11.3 Å². The minimum Gasteiger partial charge on any atom is -0.309 e. The molecule has 0 saturated carbocycles. The molecule has 0 aliphatic heterocycles. The Bertz CT molecular complexity index is 653. The van der Waals surface area contributed by atoms with Crippen LogP contribution in [0.3, 0.4) is 0 Å². The summed E-state index contributed by atoms with van der Waals surface area (Å²) in [5.41, 5.74) is 3.33. The van der Waals surface area contributed by atoms with Crippen molar-refractivity contribution >= 4 is 38.7 Å². The zero-order valence-electron chi connectivity index (χ0n) is 15.2. The van der Waals surface area contributed by atoms with E-state index in [0.29, 0.717) is 18.6 Å². The second kappa shape index (κ2) is 11.0. The van der Waals surface area contributed by atoms with Crippen LogP contribution in [0, 0.1) is 6.92 Å². The fraction of sp³-hybridized carbons (Fsp3) is 0.474. The standard InChI is InChI=1S/C19H26N2OS3/c1-15-6-8-16(9-7-15)18-14-23-19(20-18)13-17(22)5-4-11-24-25-12-10-21(2)3/h6-9,14H,4-5,10-13H2,1-3H3. The summed E-state index contributed by atoms with van der Waals surface area (Å²) in [4.78, 5) is 18.9. The van der Waals surface area contributed by atoms with Gasteiger partial charge in [0.05, 0.1) is 12.1 Å². The number of nitrogens with zero attached hydrogens (tertiary/aromatic N) is 2. The van der Waals surface area contributed by atoms with Crippen molar-refractivity contribution in [2.45, 2.75) is 26.2 Å². The first-order chi connectivity index (χ1) is 12.0. The fourth-order valence-corrected chi connectivity index (χ4v) is 5.23. The first-order valence-corrected chi connectivity index (χ1v) is 11.8.